The quantitative estimate of drug-likeness (QED) is 0.520. The fraction of sp³-hybridized carbons (Fsp3) is 0.273. The number of anilines is 1. The van der Waals surface area contributed by atoms with E-state index >= 15 is 0 Å². The van der Waals surface area contributed by atoms with Gasteiger partial charge in [-0.05, 0) is 31.0 Å². The molecular weight excluding hydrogens is 372 g/mol. The van der Waals surface area contributed by atoms with Crippen LogP contribution >= 0.6 is 11.8 Å². The van der Waals surface area contributed by atoms with Crippen molar-refractivity contribution in [3.8, 4) is 5.75 Å². The molecule has 2 aromatic carbocycles. The number of benzene rings is 2. The standard InChI is InChI=1S/C22H24N2O3S/c1-3-4-12-23-22(26)27-18-10-11-20-19(14-18)24(21(28-20)13-16(2)25)15-17-8-6-5-7-9-17/h5-11,13-14H,3-4,12,15H2,1-2H3,(H,23,26)/b21-13-. The minimum atomic E-state index is -0.451. The predicted molar refractivity (Wildman–Crippen MR) is 113 cm³/mol. The summed E-state index contributed by atoms with van der Waals surface area (Å²) in [6, 6.07) is 15.6. The van der Waals surface area contributed by atoms with Gasteiger partial charge in [0.25, 0.3) is 0 Å². The van der Waals surface area contributed by atoms with Gasteiger partial charge < -0.3 is 15.0 Å². The number of nitrogens with one attached hydrogen (secondary N) is 1. The molecule has 0 spiro atoms. The van der Waals surface area contributed by atoms with Crippen LogP contribution in [-0.2, 0) is 11.3 Å². The largest absolute Gasteiger partial charge is 0.412 e. The highest BCUT2D eigenvalue weighted by Crippen LogP contribution is 2.48. The number of thioether (sulfide) groups is 1. The number of hydrogen-bond acceptors (Lipinski definition) is 5. The fourth-order valence-electron chi connectivity index (χ4n) is 2.87. The van der Waals surface area contributed by atoms with E-state index in [4.69, 9.17) is 4.74 Å². The third kappa shape index (κ3) is 5.16. The van der Waals surface area contributed by atoms with Crippen LogP contribution < -0.4 is 15.0 Å². The van der Waals surface area contributed by atoms with Gasteiger partial charge in [-0.3, -0.25) is 4.79 Å². The highest BCUT2D eigenvalue weighted by Gasteiger charge is 2.26. The van der Waals surface area contributed by atoms with Gasteiger partial charge in [-0.15, -0.1) is 0 Å². The number of nitrogens with zero attached hydrogens (tertiary/aromatic N) is 1. The number of fused-ring (bicyclic) bond motifs is 1. The Morgan fingerprint density at radius 3 is 2.68 bits per heavy atom. The number of carbonyl (C=O) groups excluding carboxylic acids is 2. The molecule has 0 aromatic heterocycles. The lowest BCUT2D eigenvalue weighted by atomic mass is 10.2. The van der Waals surface area contributed by atoms with Crippen LogP contribution in [0, 0.1) is 0 Å². The van der Waals surface area contributed by atoms with E-state index in [2.05, 4.69) is 29.3 Å². The van der Waals surface area contributed by atoms with E-state index in [1.807, 2.05) is 30.3 Å². The SMILES string of the molecule is CCCCNC(=O)Oc1ccc2c(c1)N(Cc1ccccc1)/C(=C/C(C)=O)S2. The summed E-state index contributed by atoms with van der Waals surface area (Å²) in [5.74, 6) is 0.482. The number of amides is 1. The van der Waals surface area contributed by atoms with Crippen LogP contribution in [0.15, 0.2) is 64.5 Å². The van der Waals surface area contributed by atoms with Gasteiger partial charge in [0.05, 0.1) is 10.7 Å². The maximum absolute atomic E-state index is 12.0. The van der Waals surface area contributed by atoms with Gasteiger partial charge >= 0.3 is 6.09 Å². The van der Waals surface area contributed by atoms with Gasteiger partial charge in [-0.2, -0.15) is 0 Å². The molecule has 3 rings (SSSR count). The summed E-state index contributed by atoms with van der Waals surface area (Å²) in [5, 5.41) is 3.62. The van der Waals surface area contributed by atoms with Crippen LogP contribution in [0.1, 0.15) is 32.3 Å². The first-order valence-corrected chi connectivity index (χ1v) is 10.2. The summed E-state index contributed by atoms with van der Waals surface area (Å²) in [7, 11) is 0. The molecule has 2 aromatic rings. The summed E-state index contributed by atoms with van der Waals surface area (Å²) >= 11 is 1.55. The molecular formula is C22H24N2O3S. The molecule has 0 bridgehead atoms. The Kier molecular flexibility index (Phi) is 6.76. The predicted octanol–water partition coefficient (Wildman–Crippen LogP) is 5.12. The van der Waals surface area contributed by atoms with E-state index in [1.165, 1.54) is 0 Å². The minimum Gasteiger partial charge on any atom is -0.410 e. The van der Waals surface area contributed by atoms with E-state index < -0.39 is 6.09 Å². The molecule has 1 heterocycles. The maximum atomic E-state index is 12.0. The molecule has 0 radical (unpaired) electrons. The van der Waals surface area contributed by atoms with Gasteiger partial charge in [0.15, 0.2) is 5.78 Å². The Bertz CT molecular complexity index is 881. The van der Waals surface area contributed by atoms with Gasteiger partial charge in [-0.25, -0.2) is 4.79 Å². The van der Waals surface area contributed by atoms with Crippen molar-refractivity contribution in [3.05, 3.63) is 65.2 Å². The average Bonchev–Trinajstić information content (AvgIpc) is 2.99. The van der Waals surface area contributed by atoms with Crippen LogP contribution in [0.4, 0.5) is 10.5 Å². The van der Waals surface area contributed by atoms with Gasteiger partial charge in [0.2, 0.25) is 0 Å². The minimum absolute atomic E-state index is 0.000133. The Balaban J connectivity index is 1.82. The number of unbranched alkanes of at least 4 members (excludes halogenated alkanes) is 1. The zero-order chi connectivity index (χ0) is 19.9. The smallest absolute Gasteiger partial charge is 0.410 e. The molecule has 5 nitrogen and oxygen atoms in total. The number of rotatable bonds is 7. The zero-order valence-corrected chi connectivity index (χ0v) is 16.9. The van der Waals surface area contributed by atoms with Crippen molar-refractivity contribution < 1.29 is 14.3 Å². The molecule has 0 unspecified atom stereocenters. The molecule has 146 valence electrons. The Morgan fingerprint density at radius 2 is 1.96 bits per heavy atom. The van der Waals surface area contributed by atoms with Crippen molar-refractivity contribution in [1.29, 1.82) is 0 Å². The highest BCUT2D eigenvalue weighted by atomic mass is 32.2. The van der Waals surface area contributed by atoms with Crippen molar-refractivity contribution in [2.75, 3.05) is 11.4 Å². The molecule has 1 N–H and O–H groups in total. The highest BCUT2D eigenvalue weighted by molar-refractivity contribution is 8.03. The molecule has 0 fully saturated rings. The first-order valence-electron chi connectivity index (χ1n) is 9.38. The third-order valence-electron chi connectivity index (χ3n) is 4.22. The lowest BCUT2D eigenvalue weighted by Crippen LogP contribution is -2.27. The van der Waals surface area contributed by atoms with Crippen molar-refractivity contribution in [2.45, 2.75) is 38.1 Å². The Morgan fingerprint density at radius 1 is 1.18 bits per heavy atom. The van der Waals surface area contributed by atoms with Crippen molar-refractivity contribution in [1.82, 2.24) is 5.32 Å². The van der Waals surface area contributed by atoms with E-state index in [9.17, 15) is 9.59 Å². The summed E-state index contributed by atoms with van der Waals surface area (Å²) < 4.78 is 5.43. The Labute approximate surface area is 169 Å². The summed E-state index contributed by atoms with van der Waals surface area (Å²) in [6.07, 6.45) is 3.12. The van der Waals surface area contributed by atoms with Crippen molar-refractivity contribution in [3.63, 3.8) is 0 Å². The maximum Gasteiger partial charge on any atom is 0.412 e. The number of allylic oxidation sites excluding steroid dienone is 1. The number of hydrogen-bond donors (Lipinski definition) is 1. The van der Waals surface area contributed by atoms with E-state index in [0.29, 0.717) is 18.8 Å². The second-order valence-electron chi connectivity index (χ2n) is 6.57. The van der Waals surface area contributed by atoms with Gasteiger partial charge in [0.1, 0.15) is 5.75 Å². The van der Waals surface area contributed by atoms with Crippen LogP contribution in [-0.4, -0.2) is 18.4 Å². The first-order chi connectivity index (χ1) is 13.6. The number of ketones is 1. The molecule has 0 saturated carbocycles. The van der Waals surface area contributed by atoms with Crippen LogP contribution in [0.3, 0.4) is 0 Å². The van der Waals surface area contributed by atoms with E-state index in [0.717, 1.165) is 34.0 Å². The second kappa shape index (κ2) is 9.46. The fourth-order valence-corrected chi connectivity index (χ4v) is 4.00. The van der Waals surface area contributed by atoms with E-state index in [-0.39, 0.29) is 5.78 Å². The molecule has 0 saturated heterocycles. The van der Waals surface area contributed by atoms with Crippen LogP contribution in [0.5, 0.6) is 5.75 Å². The molecule has 6 heteroatoms. The van der Waals surface area contributed by atoms with Crippen LogP contribution in [0.25, 0.3) is 0 Å². The molecule has 0 atom stereocenters. The van der Waals surface area contributed by atoms with Crippen molar-refractivity contribution >= 4 is 29.3 Å². The molecule has 1 aliphatic heterocycles. The molecule has 0 aliphatic carbocycles. The molecule has 1 amide bonds. The topological polar surface area (TPSA) is 58.6 Å². The van der Waals surface area contributed by atoms with Crippen LogP contribution in [0.2, 0.25) is 0 Å². The average molecular weight is 397 g/mol. The van der Waals surface area contributed by atoms with Gasteiger partial charge in [-0.1, -0.05) is 55.4 Å². The third-order valence-corrected chi connectivity index (χ3v) is 5.33. The monoisotopic (exact) mass is 396 g/mol. The van der Waals surface area contributed by atoms with E-state index in [1.54, 1.807) is 30.8 Å². The summed E-state index contributed by atoms with van der Waals surface area (Å²) in [4.78, 5) is 26.8. The molecule has 1 aliphatic rings. The van der Waals surface area contributed by atoms with Crippen molar-refractivity contribution in [2.24, 2.45) is 0 Å². The normalized spacial score (nSPS) is 14.1. The summed E-state index contributed by atoms with van der Waals surface area (Å²) in [6.45, 7) is 4.85. The molecule has 28 heavy (non-hydrogen) atoms. The Hall–Kier alpha value is -2.73. The first kappa shape index (κ1) is 20.0. The number of carbonyl (C=O) groups is 2. The number of ether oxygens (including phenoxy) is 1. The summed E-state index contributed by atoms with van der Waals surface area (Å²) in [5.41, 5.74) is 2.06. The lowest BCUT2D eigenvalue weighted by molar-refractivity contribution is -0.112. The lowest BCUT2D eigenvalue weighted by Gasteiger charge is -2.21. The van der Waals surface area contributed by atoms with Gasteiger partial charge in [0, 0.05) is 30.1 Å². The second-order valence-corrected chi connectivity index (χ2v) is 7.63. The zero-order valence-electron chi connectivity index (χ0n) is 16.1.